The molecule has 0 fully saturated rings. The third-order valence-electron chi connectivity index (χ3n) is 2.11. The van der Waals surface area contributed by atoms with Gasteiger partial charge in [-0.25, -0.2) is 5.43 Å². The van der Waals surface area contributed by atoms with Gasteiger partial charge in [-0.05, 0) is 30.2 Å². The van der Waals surface area contributed by atoms with E-state index < -0.39 is 0 Å². The number of benzene rings is 1. The van der Waals surface area contributed by atoms with Gasteiger partial charge in [0.25, 0.3) is 5.91 Å². The lowest BCUT2D eigenvalue weighted by atomic mass is 10.3. The first kappa shape index (κ1) is 14.0. The van der Waals surface area contributed by atoms with Crippen LogP contribution in [0.1, 0.15) is 13.8 Å². The molecule has 0 heterocycles. The molecule has 0 spiro atoms. The molecule has 2 N–H and O–H groups in total. The Kier molecular flexibility index (Phi) is 5.70. The van der Waals surface area contributed by atoms with Crippen molar-refractivity contribution in [1.29, 1.82) is 0 Å². The molecule has 1 amide bonds. The van der Waals surface area contributed by atoms with E-state index in [0.717, 1.165) is 11.4 Å². The Labute approximate surface area is 107 Å². The Balaban J connectivity index is 2.33. The molecule has 0 saturated heterocycles. The first-order chi connectivity index (χ1) is 8.61. The number of hydrazone groups is 1. The molecule has 0 saturated carbocycles. The van der Waals surface area contributed by atoms with Crippen LogP contribution in [0.5, 0.6) is 5.75 Å². The van der Waals surface area contributed by atoms with Crippen LogP contribution in [0.3, 0.4) is 0 Å². The molecular formula is C13H19N3O2. The number of anilines is 1. The van der Waals surface area contributed by atoms with Crippen LogP contribution < -0.4 is 15.5 Å². The quantitative estimate of drug-likeness (QED) is 0.597. The Morgan fingerprint density at radius 2 is 2.06 bits per heavy atom. The highest BCUT2D eigenvalue weighted by Gasteiger charge is 1.99. The second-order valence-electron chi connectivity index (χ2n) is 4.14. The van der Waals surface area contributed by atoms with E-state index in [1.54, 1.807) is 13.3 Å². The second-order valence-corrected chi connectivity index (χ2v) is 4.14. The summed E-state index contributed by atoms with van der Waals surface area (Å²) >= 11 is 0. The SMILES string of the molecule is COc1ccc(NCC(=O)NN=CC(C)C)cc1. The standard InChI is InChI=1S/C13H19N3O2/c1-10(2)8-15-16-13(17)9-14-11-4-6-12(18-3)7-5-11/h4-8,10,14H,9H2,1-3H3,(H,16,17). The van der Waals surface area contributed by atoms with Crippen molar-refractivity contribution in [1.82, 2.24) is 5.43 Å². The van der Waals surface area contributed by atoms with Gasteiger partial charge in [0.2, 0.25) is 0 Å². The Bertz CT molecular complexity index is 399. The summed E-state index contributed by atoms with van der Waals surface area (Å²) in [5.74, 6) is 0.925. The van der Waals surface area contributed by atoms with Gasteiger partial charge in [0.15, 0.2) is 0 Å². The van der Waals surface area contributed by atoms with E-state index in [-0.39, 0.29) is 12.5 Å². The van der Waals surface area contributed by atoms with Gasteiger partial charge < -0.3 is 10.1 Å². The van der Waals surface area contributed by atoms with Gasteiger partial charge in [-0.3, -0.25) is 4.79 Å². The molecule has 1 aromatic carbocycles. The van der Waals surface area contributed by atoms with Gasteiger partial charge in [-0.2, -0.15) is 5.10 Å². The predicted molar refractivity (Wildman–Crippen MR) is 73.0 cm³/mol. The van der Waals surface area contributed by atoms with Gasteiger partial charge >= 0.3 is 0 Å². The third kappa shape index (κ3) is 5.34. The zero-order valence-corrected chi connectivity index (χ0v) is 10.9. The van der Waals surface area contributed by atoms with Crippen LogP contribution in [0.4, 0.5) is 5.69 Å². The molecule has 5 nitrogen and oxygen atoms in total. The van der Waals surface area contributed by atoms with E-state index in [0.29, 0.717) is 5.92 Å². The molecule has 0 unspecified atom stereocenters. The average molecular weight is 249 g/mol. The number of ether oxygens (including phenoxy) is 1. The fraction of sp³-hybridized carbons (Fsp3) is 0.385. The molecule has 98 valence electrons. The Morgan fingerprint density at radius 3 is 2.61 bits per heavy atom. The average Bonchev–Trinajstić information content (AvgIpc) is 2.36. The minimum Gasteiger partial charge on any atom is -0.497 e. The number of carbonyl (C=O) groups excluding carboxylic acids is 1. The number of hydrogen-bond donors (Lipinski definition) is 2. The monoisotopic (exact) mass is 249 g/mol. The lowest BCUT2D eigenvalue weighted by molar-refractivity contribution is -0.119. The van der Waals surface area contributed by atoms with Crippen LogP contribution in [0.15, 0.2) is 29.4 Å². The van der Waals surface area contributed by atoms with E-state index in [4.69, 9.17) is 4.74 Å². The van der Waals surface area contributed by atoms with Gasteiger partial charge in [0.05, 0.1) is 13.7 Å². The van der Waals surface area contributed by atoms with E-state index in [1.165, 1.54) is 0 Å². The molecule has 0 aromatic heterocycles. The normalized spacial score (nSPS) is 10.7. The fourth-order valence-electron chi connectivity index (χ4n) is 1.19. The summed E-state index contributed by atoms with van der Waals surface area (Å²) in [7, 11) is 1.61. The highest BCUT2D eigenvalue weighted by molar-refractivity contribution is 5.81. The number of nitrogens with one attached hydrogen (secondary N) is 2. The number of amides is 1. The maximum atomic E-state index is 11.4. The van der Waals surface area contributed by atoms with E-state index >= 15 is 0 Å². The van der Waals surface area contributed by atoms with Crippen LogP contribution >= 0.6 is 0 Å². The fourth-order valence-corrected chi connectivity index (χ4v) is 1.19. The number of hydrogen-bond acceptors (Lipinski definition) is 4. The van der Waals surface area contributed by atoms with Crippen molar-refractivity contribution in [2.75, 3.05) is 19.0 Å². The summed E-state index contributed by atoms with van der Waals surface area (Å²) in [6.07, 6.45) is 1.69. The maximum Gasteiger partial charge on any atom is 0.259 e. The van der Waals surface area contributed by atoms with Gasteiger partial charge in [-0.1, -0.05) is 13.8 Å². The first-order valence-electron chi connectivity index (χ1n) is 5.81. The number of carbonyl (C=O) groups is 1. The van der Waals surface area contributed by atoms with Crippen LogP contribution in [-0.4, -0.2) is 25.8 Å². The zero-order valence-electron chi connectivity index (χ0n) is 10.9. The molecule has 1 aromatic rings. The highest BCUT2D eigenvalue weighted by Crippen LogP contribution is 2.14. The smallest absolute Gasteiger partial charge is 0.259 e. The zero-order chi connectivity index (χ0) is 13.4. The van der Waals surface area contributed by atoms with Crippen molar-refractivity contribution >= 4 is 17.8 Å². The van der Waals surface area contributed by atoms with Gasteiger partial charge in [0, 0.05) is 11.9 Å². The number of rotatable bonds is 6. The summed E-state index contributed by atoms with van der Waals surface area (Å²) in [6.45, 7) is 4.16. The van der Waals surface area contributed by atoms with Crippen LogP contribution in [0.2, 0.25) is 0 Å². The minimum absolute atomic E-state index is 0.178. The van der Waals surface area contributed by atoms with Crippen LogP contribution in [0, 0.1) is 5.92 Å². The highest BCUT2D eigenvalue weighted by atomic mass is 16.5. The molecule has 1 rings (SSSR count). The number of methoxy groups -OCH3 is 1. The Hall–Kier alpha value is -2.04. The molecule has 18 heavy (non-hydrogen) atoms. The first-order valence-corrected chi connectivity index (χ1v) is 5.81. The van der Waals surface area contributed by atoms with Crippen LogP contribution in [-0.2, 0) is 4.79 Å². The lowest BCUT2D eigenvalue weighted by Crippen LogP contribution is -2.26. The van der Waals surface area contributed by atoms with Gasteiger partial charge in [-0.15, -0.1) is 0 Å². The van der Waals surface area contributed by atoms with E-state index in [2.05, 4.69) is 15.8 Å². The lowest BCUT2D eigenvalue weighted by Gasteiger charge is -2.06. The summed E-state index contributed by atoms with van der Waals surface area (Å²) in [4.78, 5) is 11.4. The van der Waals surface area contributed by atoms with Crippen molar-refractivity contribution in [2.45, 2.75) is 13.8 Å². The molecule has 5 heteroatoms. The molecular weight excluding hydrogens is 230 g/mol. The summed E-state index contributed by atoms with van der Waals surface area (Å²) in [5.41, 5.74) is 3.31. The molecule has 0 aliphatic carbocycles. The van der Waals surface area contributed by atoms with Gasteiger partial charge in [0.1, 0.15) is 5.75 Å². The molecule has 0 aliphatic rings. The van der Waals surface area contributed by atoms with Crippen molar-refractivity contribution in [3.63, 3.8) is 0 Å². The maximum absolute atomic E-state index is 11.4. The minimum atomic E-state index is -0.178. The van der Waals surface area contributed by atoms with Crippen molar-refractivity contribution in [3.05, 3.63) is 24.3 Å². The predicted octanol–water partition coefficient (Wildman–Crippen LogP) is 1.87. The molecule has 0 atom stereocenters. The molecule has 0 bridgehead atoms. The van der Waals surface area contributed by atoms with E-state index in [1.807, 2.05) is 38.1 Å². The van der Waals surface area contributed by atoms with Crippen molar-refractivity contribution < 1.29 is 9.53 Å². The summed E-state index contributed by atoms with van der Waals surface area (Å²) < 4.78 is 5.04. The molecule has 0 radical (unpaired) electrons. The largest absolute Gasteiger partial charge is 0.497 e. The number of nitrogens with zero attached hydrogens (tertiary/aromatic N) is 1. The van der Waals surface area contributed by atoms with Crippen molar-refractivity contribution in [3.8, 4) is 5.75 Å². The molecule has 0 aliphatic heterocycles. The van der Waals surface area contributed by atoms with Crippen LogP contribution in [0.25, 0.3) is 0 Å². The van der Waals surface area contributed by atoms with E-state index in [9.17, 15) is 4.79 Å². The third-order valence-corrected chi connectivity index (χ3v) is 2.11. The summed E-state index contributed by atoms with van der Waals surface area (Å²) in [5, 5.41) is 6.82. The summed E-state index contributed by atoms with van der Waals surface area (Å²) in [6, 6.07) is 7.36. The van der Waals surface area contributed by atoms with Crippen molar-refractivity contribution in [2.24, 2.45) is 11.0 Å². The topological polar surface area (TPSA) is 62.7 Å². The second kappa shape index (κ2) is 7.32. The Morgan fingerprint density at radius 1 is 1.39 bits per heavy atom.